The molecule has 1 saturated heterocycles. The van der Waals surface area contributed by atoms with Crippen LogP contribution in [-0.2, 0) is 11.8 Å². The lowest BCUT2D eigenvalue weighted by Gasteiger charge is -2.26. The van der Waals surface area contributed by atoms with E-state index in [1.165, 1.54) is 0 Å². The maximum absolute atomic E-state index is 13.6. The molecule has 7 nitrogen and oxygen atoms in total. The van der Waals surface area contributed by atoms with Crippen LogP contribution in [0.4, 0.5) is 0 Å². The number of rotatable bonds is 3. The fraction of sp³-hybridized carbons (Fsp3) is 0.364. The number of fused-ring (bicyclic) bond motifs is 1. The van der Waals surface area contributed by atoms with Gasteiger partial charge in [-0.15, -0.1) is 0 Å². The van der Waals surface area contributed by atoms with Crippen molar-refractivity contribution in [2.45, 2.75) is 25.8 Å². The lowest BCUT2D eigenvalue weighted by Crippen LogP contribution is -2.45. The quantitative estimate of drug-likeness (QED) is 0.688. The van der Waals surface area contributed by atoms with Gasteiger partial charge in [-0.05, 0) is 25.8 Å². The molecule has 1 atom stereocenters. The van der Waals surface area contributed by atoms with Gasteiger partial charge >= 0.3 is 0 Å². The lowest BCUT2D eigenvalue weighted by atomic mass is 10.0. The number of aromatic nitrogens is 3. The van der Waals surface area contributed by atoms with E-state index in [9.17, 15) is 9.59 Å². The van der Waals surface area contributed by atoms with Crippen molar-refractivity contribution in [1.29, 1.82) is 0 Å². The molecule has 0 aliphatic carbocycles. The number of carbonyl (C=O) groups excluding carboxylic acids is 2. The number of pyridine rings is 1. The third-order valence-electron chi connectivity index (χ3n) is 5.51. The van der Waals surface area contributed by atoms with Gasteiger partial charge in [0.25, 0.3) is 5.91 Å². The van der Waals surface area contributed by atoms with Crippen molar-refractivity contribution in [3.8, 4) is 11.3 Å². The van der Waals surface area contributed by atoms with E-state index < -0.39 is 6.04 Å². The van der Waals surface area contributed by atoms with E-state index in [0.29, 0.717) is 24.2 Å². The van der Waals surface area contributed by atoms with Crippen LogP contribution in [0.3, 0.4) is 0 Å². The molecule has 2 amide bonds. The van der Waals surface area contributed by atoms with Crippen LogP contribution in [0.25, 0.3) is 22.3 Å². The van der Waals surface area contributed by atoms with Gasteiger partial charge < -0.3 is 9.80 Å². The van der Waals surface area contributed by atoms with Gasteiger partial charge in [-0.25, -0.2) is 4.98 Å². The average molecular weight is 391 g/mol. The number of amides is 2. The molecule has 0 radical (unpaired) electrons. The number of nitrogens with zero attached hydrogens (tertiary/aromatic N) is 5. The van der Waals surface area contributed by atoms with Crippen LogP contribution in [0.15, 0.2) is 36.4 Å². The Kier molecular flexibility index (Phi) is 4.82. The van der Waals surface area contributed by atoms with Crippen LogP contribution in [0.2, 0.25) is 0 Å². The number of aryl methyl sites for hydroxylation is 2. The molecule has 1 aromatic carbocycles. The summed E-state index contributed by atoms with van der Waals surface area (Å²) in [6.07, 6.45) is 1.51. The zero-order chi connectivity index (χ0) is 20.7. The molecule has 3 aromatic rings. The second-order valence-corrected chi connectivity index (χ2v) is 7.72. The van der Waals surface area contributed by atoms with E-state index in [0.717, 1.165) is 28.8 Å². The van der Waals surface area contributed by atoms with E-state index in [-0.39, 0.29) is 11.8 Å². The maximum Gasteiger partial charge on any atom is 0.255 e. The van der Waals surface area contributed by atoms with Crippen LogP contribution in [0.1, 0.15) is 28.9 Å². The van der Waals surface area contributed by atoms with Crippen LogP contribution < -0.4 is 0 Å². The van der Waals surface area contributed by atoms with Gasteiger partial charge in [0.1, 0.15) is 6.04 Å². The van der Waals surface area contributed by atoms with Crippen LogP contribution >= 0.6 is 0 Å². The largest absolute Gasteiger partial charge is 0.347 e. The first kappa shape index (κ1) is 19.1. The van der Waals surface area contributed by atoms with E-state index in [2.05, 4.69) is 5.10 Å². The van der Waals surface area contributed by atoms with E-state index in [1.807, 2.05) is 50.4 Å². The molecule has 1 fully saturated rings. The molecule has 7 heteroatoms. The SMILES string of the molecule is Cc1nn(C)c2nc(-c3ccccc3)cc(C(=O)N3CCCC3C(=O)N(C)C)c12. The summed E-state index contributed by atoms with van der Waals surface area (Å²) in [6.45, 7) is 2.46. The Bertz CT molecular complexity index is 1090. The Morgan fingerprint density at radius 3 is 2.59 bits per heavy atom. The summed E-state index contributed by atoms with van der Waals surface area (Å²) < 4.78 is 1.71. The number of hydrogen-bond donors (Lipinski definition) is 0. The van der Waals surface area contributed by atoms with Crippen molar-refractivity contribution in [3.05, 3.63) is 47.7 Å². The Labute approximate surface area is 169 Å². The maximum atomic E-state index is 13.6. The minimum atomic E-state index is -0.419. The molecule has 4 rings (SSSR count). The van der Waals surface area contributed by atoms with E-state index in [4.69, 9.17) is 4.98 Å². The van der Waals surface area contributed by atoms with Crippen LogP contribution in [0.5, 0.6) is 0 Å². The number of hydrogen-bond acceptors (Lipinski definition) is 4. The topological polar surface area (TPSA) is 71.3 Å². The highest BCUT2D eigenvalue weighted by Gasteiger charge is 2.36. The molecule has 0 spiro atoms. The number of carbonyl (C=O) groups is 2. The highest BCUT2D eigenvalue weighted by atomic mass is 16.2. The zero-order valence-corrected chi connectivity index (χ0v) is 17.2. The summed E-state index contributed by atoms with van der Waals surface area (Å²) in [5.74, 6) is -0.171. The Morgan fingerprint density at radius 2 is 1.90 bits per heavy atom. The summed E-state index contributed by atoms with van der Waals surface area (Å²) in [5.41, 5.74) is 3.64. The van der Waals surface area contributed by atoms with Crippen molar-refractivity contribution in [2.24, 2.45) is 7.05 Å². The molecular formula is C22H25N5O2. The first-order valence-corrected chi connectivity index (χ1v) is 9.80. The third-order valence-corrected chi connectivity index (χ3v) is 5.51. The first-order chi connectivity index (χ1) is 13.9. The van der Waals surface area contributed by atoms with Gasteiger partial charge in [-0.2, -0.15) is 5.10 Å². The van der Waals surface area contributed by atoms with Gasteiger partial charge in [0.15, 0.2) is 5.65 Å². The molecular weight excluding hydrogens is 366 g/mol. The van der Waals surface area contributed by atoms with E-state index >= 15 is 0 Å². The molecule has 150 valence electrons. The predicted molar refractivity (Wildman–Crippen MR) is 111 cm³/mol. The fourth-order valence-electron chi connectivity index (χ4n) is 4.09. The molecule has 0 saturated carbocycles. The number of likely N-dealkylation sites (N-methyl/N-ethyl adjacent to an activating group) is 1. The van der Waals surface area contributed by atoms with Crippen LogP contribution in [-0.4, -0.2) is 63.1 Å². The predicted octanol–water partition coefficient (Wildman–Crippen LogP) is 2.64. The molecule has 0 N–H and O–H groups in total. The second kappa shape index (κ2) is 7.31. The number of likely N-dealkylation sites (tertiary alicyclic amines) is 1. The Hall–Kier alpha value is -3.22. The van der Waals surface area contributed by atoms with Crippen molar-refractivity contribution in [2.75, 3.05) is 20.6 Å². The van der Waals surface area contributed by atoms with Crippen molar-refractivity contribution >= 4 is 22.8 Å². The minimum absolute atomic E-state index is 0.0349. The zero-order valence-electron chi connectivity index (χ0n) is 17.2. The summed E-state index contributed by atoms with van der Waals surface area (Å²) in [6, 6.07) is 11.2. The Balaban J connectivity index is 1.86. The van der Waals surface area contributed by atoms with Crippen molar-refractivity contribution < 1.29 is 9.59 Å². The average Bonchev–Trinajstić information content (AvgIpc) is 3.32. The normalized spacial score (nSPS) is 16.4. The summed E-state index contributed by atoms with van der Waals surface area (Å²) in [7, 11) is 5.29. The van der Waals surface area contributed by atoms with Crippen molar-refractivity contribution in [1.82, 2.24) is 24.6 Å². The highest BCUT2D eigenvalue weighted by molar-refractivity contribution is 6.08. The fourth-order valence-corrected chi connectivity index (χ4v) is 4.09. The monoisotopic (exact) mass is 391 g/mol. The molecule has 0 bridgehead atoms. The van der Waals surface area contributed by atoms with Gasteiger partial charge in [-0.3, -0.25) is 14.3 Å². The molecule has 3 heterocycles. The van der Waals surface area contributed by atoms with Gasteiger partial charge in [0.2, 0.25) is 5.91 Å². The lowest BCUT2D eigenvalue weighted by molar-refractivity contribution is -0.132. The molecule has 29 heavy (non-hydrogen) atoms. The third kappa shape index (κ3) is 3.26. The summed E-state index contributed by atoms with van der Waals surface area (Å²) >= 11 is 0. The van der Waals surface area contributed by atoms with Crippen molar-refractivity contribution in [3.63, 3.8) is 0 Å². The van der Waals surface area contributed by atoms with Gasteiger partial charge in [0.05, 0.1) is 22.3 Å². The highest BCUT2D eigenvalue weighted by Crippen LogP contribution is 2.30. The second-order valence-electron chi connectivity index (χ2n) is 7.72. The minimum Gasteiger partial charge on any atom is -0.347 e. The van der Waals surface area contributed by atoms with Gasteiger partial charge in [0, 0.05) is 33.3 Å². The van der Waals surface area contributed by atoms with E-state index in [1.54, 1.807) is 28.6 Å². The molecule has 2 aromatic heterocycles. The first-order valence-electron chi connectivity index (χ1n) is 9.80. The molecule has 1 aliphatic rings. The summed E-state index contributed by atoms with van der Waals surface area (Å²) in [4.78, 5) is 34.3. The number of benzene rings is 1. The molecule has 1 aliphatic heterocycles. The van der Waals surface area contributed by atoms with Crippen LogP contribution in [0, 0.1) is 6.92 Å². The Morgan fingerprint density at radius 1 is 1.17 bits per heavy atom. The summed E-state index contributed by atoms with van der Waals surface area (Å²) in [5, 5.41) is 5.24. The van der Waals surface area contributed by atoms with Gasteiger partial charge in [-0.1, -0.05) is 30.3 Å². The molecule has 1 unspecified atom stereocenters. The standard InChI is InChI=1S/C22H25N5O2/c1-14-19-16(21(28)27-12-8-11-18(27)22(29)25(2)3)13-17(15-9-6-5-7-10-15)23-20(19)26(4)24-14/h5-7,9-10,13,18H,8,11-12H2,1-4H3. The smallest absolute Gasteiger partial charge is 0.255 e.